The van der Waals surface area contributed by atoms with E-state index in [1.54, 1.807) is 6.20 Å². The van der Waals surface area contributed by atoms with E-state index in [0.717, 1.165) is 58.2 Å². The van der Waals surface area contributed by atoms with Crippen LogP contribution < -0.4 is 4.74 Å². The number of hydrogen-bond donors (Lipinski definition) is 0. The van der Waals surface area contributed by atoms with Crippen LogP contribution >= 0.6 is 0 Å². The van der Waals surface area contributed by atoms with Crippen LogP contribution in [0.25, 0.3) is 44.0 Å². The van der Waals surface area contributed by atoms with Gasteiger partial charge in [-0.15, -0.1) is 0 Å². The maximum absolute atomic E-state index is 7.40. The molecule has 7 heteroatoms. The van der Waals surface area contributed by atoms with Gasteiger partial charge in [-0.05, 0) is 35.9 Å². The SMILES string of the molecule is [C-]#[N+]c1cnc2n1CCc1ccc(Oc3ccc4c5ccccc5n(-c5nccn5C)c4c3)cc1-2. The zero-order valence-electron chi connectivity index (χ0n) is 19.0. The highest BCUT2D eigenvalue weighted by Crippen LogP contribution is 2.38. The van der Waals surface area contributed by atoms with Crippen LogP contribution in [0.15, 0.2) is 79.3 Å². The van der Waals surface area contributed by atoms with Gasteiger partial charge in [-0.3, -0.25) is 9.13 Å². The molecule has 3 aromatic heterocycles. The second-order valence-electron chi connectivity index (χ2n) is 8.74. The monoisotopic (exact) mass is 456 g/mol. The number of ether oxygens (including phenoxy) is 1. The highest BCUT2D eigenvalue weighted by Gasteiger charge is 2.23. The summed E-state index contributed by atoms with van der Waals surface area (Å²) in [6.07, 6.45) is 6.28. The first kappa shape index (κ1) is 19.6. The van der Waals surface area contributed by atoms with Gasteiger partial charge >= 0.3 is 0 Å². The number of para-hydroxylation sites is 1. The van der Waals surface area contributed by atoms with Crippen molar-refractivity contribution >= 4 is 27.6 Å². The fourth-order valence-electron chi connectivity index (χ4n) is 5.11. The Bertz CT molecular complexity index is 1810. The second kappa shape index (κ2) is 7.34. The molecule has 0 aliphatic carbocycles. The number of aryl methyl sites for hydroxylation is 2. The zero-order chi connectivity index (χ0) is 23.5. The van der Waals surface area contributed by atoms with Gasteiger partial charge in [0.15, 0.2) is 0 Å². The third kappa shape index (κ3) is 2.90. The molecule has 0 atom stereocenters. The molecular weight excluding hydrogens is 436 g/mol. The molecule has 0 saturated carbocycles. The summed E-state index contributed by atoms with van der Waals surface area (Å²) < 4.78 is 12.5. The Balaban J connectivity index is 1.34. The molecule has 0 unspecified atom stereocenters. The van der Waals surface area contributed by atoms with Crippen molar-refractivity contribution in [1.29, 1.82) is 0 Å². The van der Waals surface area contributed by atoms with E-state index < -0.39 is 0 Å². The van der Waals surface area contributed by atoms with Gasteiger partial charge in [0, 0.05) is 48.3 Å². The maximum Gasteiger partial charge on any atom is 0.250 e. The third-order valence-electron chi connectivity index (χ3n) is 6.75. The molecule has 6 aromatic rings. The molecule has 3 aromatic carbocycles. The van der Waals surface area contributed by atoms with E-state index in [4.69, 9.17) is 11.3 Å². The molecule has 1 aliphatic rings. The van der Waals surface area contributed by atoms with Gasteiger partial charge in [0.2, 0.25) is 17.6 Å². The van der Waals surface area contributed by atoms with Crippen molar-refractivity contribution in [3.8, 4) is 28.8 Å². The van der Waals surface area contributed by atoms with Crippen LogP contribution in [0.2, 0.25) is 0 Å². The molecular formula is C28H20N6O. The molecule has 168 valence electrons. The molecule has 7 rings (SSSR count). The van der Waals surface area contributed by atoms with Crippen LogP contribution in [-0.4, -0.2) is 23.7 Å². The molecule has 0 bridgehead atoms. The number of fused-ring (bicyclic) bond motifs is 6. The van der Waals surface area contributed by atoms with E-state index in [9.17, 15) is 0 Å². The Hall–Kier alpha value is -4.83. The predicted octanol–water partition coefficient (Wildman–Crippen LogP) is 6.28. The summed E-state index contributed by atoms with van der Waals surface area (Å²) in [6.45, 7) is 8.17. The van der Waals surface area contributed by atoms with Crippen LogP contribution in [0, 0.1) is 6.57 Å². The number of rotatable bonds is 3. The van der Waals surface area contributed by atoms with Gasteiger partial charge in [-0.2, -0.15) is 0 Å². The van der Waals surface area contributed by atoms with Gasteiger partial charge in [0.1, 0.15) is 11.5 Å². The van der Waals surface area contributed by atoms with Gasteiger partial charge in [0.05, 0.1) is 23.8 Å². The summed E-state index contributed by atoms with van der Waals surface area (Å²) >= 11 is 0. The van der Waals surface area contributed by atoms with Crippen LogP contribution in [0.1, 0.15) is 5.56 Å². The summed E-state index contributed by atoms with van der Waals surface area (Å²) in [5.41, 5.74) is 4.38. The van der Waals surface area contributed by atoms with Crippen LogP contribution in [-0.2, 0) is 20.0 Å². The highest BCUT2D eigenvalue weighted by molar-refractivity contribution is 6.09. The molecule has 35 heavy (non-hydrogen) atoms. The standard InChI is InChI=1S/C28H20N6O/c1-29-26-17-31-27-23-15-19(8-7-18(23)11-13-33(26)27)35-20-9-10-22-21-5-3-4-6-24(21)34(25(22)16-20)28-30-12-14-32(28)2/h3-10,12,14-17H,11,13H2,2H3. The maximum atomic E-state index is 7.40. The van der Waals surface area contributed by atoms with Crippen molar-refractivity contribution in [2.75, 3.05) is 0 Å². The number of nitrogens with zero attached hydrogens (tertiary/aromatic N) is 6. The van der Waals surface area contributed by atoms with Crippen LogP contribution in [0.4, 0.5) is 5.82 Å². The minimum Gasteiger partial charge on any atom is -0.457 e. The Kier molecular flexibility index (Phi) is 4.11. The fraction of sp³-hybridized carbons (Fsp3) is 0.107. The lowest BCUT2D eigenvalue weighted by molar-refractivity contribution is 0.483. The van der Waals surface area contributed by atoms with Crippen molar-refractivity contribution in [3.05, 3.63) is 96.2 Å². The number of imidazole rings is 2. The molecule has 0 amide bonds. The first-order valence-electron chi connectivity index (χ1n) is 11.5. The molecule has 0 N–H and O–H groups in total. The van der Waals surface area contributed by atoms with Crippen LogP contribution in [0.3, 0.4) is 0 Å². The number of benzene rings is 3. The van der Waals surface area contributed by atoms with E-state index in [0.29, 0.717) is 5.82 Å². The normalized spacial score (nSPS) is 12.5. The van der Waals surface area contributed by atoms with Crippen molar-refractivity contribution in [3.63, 3.8) is 0 Å². The molecule has 0 fully saturated rings. The third-order valence-corrected chi connectivity index (χ3v) is 6.75. The number of hydrogen-bond acceptors (Lipinski definition) is 3. The Labute approximate surface area is 201 Å². The summed E-state index contributed by atoms with van der Waals surface area (Å²) in [7, 11) is 2.00. The quantitative estimate of drug-likeness (QED) is 0.295. The molecule has 4 heterocycles. The van der Waals surface area contributed by atoms with E-state index in [2.05, 4.69) is 61.8 Å². The summed E-state index contributed by atoms with van der Waals surface area (Å²) in [5, 5.41) is 2.32. The van der Waals surface area contributed by atoms with E-state index in [1.807, 2.05) is 46.8 Å². The van der Waals surface area contributed by atoms with E-state index in [-0.39, 0.29) is 0 Å². The van der Waals surface area contributed by atoms with Crippen molar-refractivity contribution in [2.45, 2.75) is 13.0 Å². The topological polar surface area (TPSA) is 54.2 Å². The summed E-state index contributed by atoms with van der Waals surface area (Å²) in [4.78, 5) is 12.7. The largest absolute Gasteiger partial charge is 0.457 e. The van der Waals surface area contributed by atoms with Gasteiger partial charge in [-0.1, -0.05) is 30.8 Å². The smallest absolute Gasteiger partial charge is 0.250 e. The molecule has 1 aliphatic heterocycles. The van der Waals surface area contributed by atoms with Gasteiger partial charge in [-0.25, -0.2) is 9.97 Å². The first-order valence-corrected chi connectivity index (χ1v) is 11.5. The minimum atomic E-state index is 0.574. The van der Waals surface area contributed by atoms with E-state index in [1.165, 1.54) is 10.9 Å². The highest BCUT2D eigenvalue weighted by atomic mass is 16.5. The lowest BCUT2D eigenvalue weighted by Gasteiger charge is -2.17. The van der Waals surface area contributed by atoms with Gasteiger partial charge < -0.3 is 14.1 Å². The average molecular weight is 457 g/mol. The second-order valence-corrected chi connectivity index (χ2v) is 8.74. The molecule has 7 nitrogen and oxygen atoms in total. The zero-order valence-corrected chi connectivity index (χ0v) is 19.0. The Morgan fingerprint density at radius 2 is 1.77 bits per heavy atom. The molecule has 0 saturated heterocycles. The minimum absolute atomic E-state index is 0.574. The lowest BCUT2D eigenvalue weighted by Crippen LogP contribution is -2.10. The lowest BCUT2D eigenvalue weighted by atomic mass is 10.0. The Morgan fingerprint density at radius 1 is 0.943 bits per heavy atom. The summed E-state index contributed by atoms with van der Waals surface area (Å²) in [5.74, 6) is 3.74. The fourth-order valence-corrected chi connectivity index (χ4v) is 5.11. The van der Waals surface area contributed by atoms with Crippen molar-refractivity contribution in [1.82, 2.24) is 23.7 Å². The predicted molar refractivity (Wildman–Crippen MR) is 135 cm³/mol. The molecule has 0 spiro atoms. The van der Waals surface area contributed by atoms with Crippen LogP contribution in [0.5, 0.6) is 11.5 Å². The van der Waals surface area contributed by atoms with Crippen molar-refractivity contribution < 1.29 is 4.74 Å². The first-order chi connectivity index (χ1) is 17.2. The summed E-state index contributed by atoms with van der Waals surface area (Å²) in [6, 6.07) is 20.7. The van der Waals surface area contributed by atoms with E-state index >= 15 is 0 Å². The van der Waals surface area contributed by atoms with Crippen molar-refractivity contribution in [2.24, 2.45) is 7.05 Å². The Morgan fingerprint density at radius 3 is 2.63 bits per heavy atom. The molecule has 0 radical (unpaired) electrons. The number of aromatic nitrogens is 5. The average Bonchev–Trinajstić information content (AvgIpc) is 3.58. The van der Waals surface area contributed by atoms with Gasteiger partial charge in [0.25, 0.3) is 0 Å².